The summed E-state index contributed by atoms with van der Waals surface area (Å²) in [6.07, 6.45) is 24.7. The van der Waals surface area contributed by atoms with Crippen molar-refractivity contribution in [2.75, 3.05) is 6.54 Å². The van der Waals surface area contributed by atoms with Gasteiger partial charge >= 0.3 is 5.97 Å². The van der Waals surface area contributed by atoms with E-state index in [1.165, 1.54) is 96.3 Å². The molecule has 1 N–H and O–H groups in total. The summed E-state index contributed by atoms with van der Waals surface area (Å²) in [4.78, 5) is 16.3. The van der Waals surface area contributed by atoms with Gasteiger partial charge in [0.25, 0.3) is 0 Å². The second-order valence-electron chi connectivity index (χ2n) is 7.78. The maximum absolute atomic E-state index is 11.4. The summed E-state index contributed by atoms with van der Waals surface area (Å²) < 4.78 is 0. The lowest BCUT2D eigenvalue weighted by atomic mass is 10.0. The third-order valence-electron chi connectivity index (χ3n) is 5.02. The highest BCUT2D eigenvalue weighted by atomic mass is 16.7. The number of hydrogen-bond donors (Lipinski definition) is 1. The molecule has 0 bridgehead atoms. The van der Waals surface area contributed by atoms with Gasteiger partial charge in [0, 0.05) is 13.0 Å². The van der Waals surface area contributed by atoms with Gasteiger partial charge in [-0.25, -0.2) is 0 Å². The average molecular weight is 370 g/mol. The first kappa shape index (κ1) is 25.4. The number of hydrogen-bond acceptors (Lipinski definition) is 3. The molecule has 0 aliphatic heterocycles. The Kier molecular flexibility index (Phi) is 22.0. The highest BCUT2D eigenvalue weighted by molar-refractivity contribution is 5.68. The minimum atomic E-state index is -0.112. The van der Waals surface area contributed by atoms with E-state index in [0.717, 1.165) is 25.8 Å². The zero-order chi connectivity index (χ0) is 19.1. The van der Waals surface area contributed by atoms with Gasteiger partial charge in [0.05, 0.1) is 0 Å². The van der Waals surface area contributed by atoms with E-state index in [0.29, 0.717) is 6.42 Å². The predicted molar refractivity (Wildman–Crippen MR) is 113 cm³/mol. The van der Waals surface area contributed by atoms with E-state index < -0.39 is 0 Å². The van der Waals surface area contributed by atoms with Gasteiger partial charge < -0.3 is 4.84 Å². The molecule has 3 nitrogen and oxygen atoms in total. The van der Waals surface area contributed by atoms with Gasteiger partial charge in [-0.2, -0.15) is 5.48 Å². The SMILES string of the molecule is CCCCCCCCCCCCCCCCCCCC(=O)ONCCC. The van der Waals surface area contributed by atoms with Crippen molar-refractivity contribution in [2.24, 2.45) is 0 Å². The van der Waals surface area contributed by atoms with Crippen LogP contribution in [-0.2, 0) is 9.63 Å². The van der Waals surface area contributed by atoms with Gasteiger partial charge in [-0.15, -0.1) is 0 Å². The minimum Gasteiger partial charge on any atom is -0.371 e. The lowest BCUT2D eigenvalue weighted by Crippen LogP contribution is -2.20. The van der Waals surface area contributed by atoms with Crippen molar-refractivity contribution < 1.29 is 9.63 Å². The Labute approximate surface area is 164 Å². The monoisotopic (exact) mass is 369 g/mol. The third-order valence-corrected chi connectivity index (χ3v) is 5.02. The molecule has 0 aromatic heterocycles. The molecule has 0 aromatic carbocycles. The van der Waals surface area contributed by atoms with Crippen molar-refractivity contribution >= 4 is 5.97 Å². The highest BCUT2D eigenvalue weighted by Gasteiger charge is 2.02. The van der Waals surface area contributed by atoms with Crippen molar-refractivity contribution in [2.45, 2.75) is 136 Å². The van der Waals surface area contributed by atoms with E-state index in [4.69, 9.17) is 4.84 Å². The Balaban J connectivity index is 3.06. The van der Waals surface area contributed by atoms with Crippen LogP contribution in [-0.4, -0.2) is 12.5 Å². The smallest absolute Gasteiger partial charge is 0.324 e. The predicted octanol–water partition coefficient (Wildman–Crippen LogP) is 7.49. The van der Waals surface area contributed by atoms with E-state index in [9.17, 15) is 4.79 Å². The molecule has 0 radical (unpaired) electrons. The topological polar surface area (TPSA) is 38.3 Å². The molecule has 0 fully saturated rings. The fourth-order valence-electron chi connectivity index (χ4n) is 3.28. The van der Waals surface area contributed by atoms with Crippen LogP contribution in [0.2, 0.25) is 0 Å². The fourth-order valence-corrected chi connectivity index (χ4v) is 3.28. The minimum absolute atomic E-state index is 0.112. The summed E-state index contributed by atoms with van der Waals surface area (Å²) in [5.41, 5.74) is 2.69. The zero-order valence-electron chi connectivity index (χ0n) is 18.0. The van der Waals surface area contributed by atoms with E-state index in [1.807, 2.05) is 0 Å². The zero-order valence-corrected chi connectivity index (χ0v) is 18.0. The number of rotatable bonds is 21. The molecular formula is C23H47NO2. The van der Waals surface area contributed by atoms with Crippen molar-refractivity contribution in [3.63, 3.8) is 0 Å². The summed E-state index contributed by atoms with van der Waals surface area (Å²) >= 11 is 0. The molecule has 0 aliphatic rings. The normalized spacial score (nSPS) is 11.0. The average Bonchev–Trinajstić information content (AvgIpc) is 2.64. The Hall–Kier alpha value is -0.570. The number of hydroxylamine groups is 1. The molecule has 0 aromatic rings. The molecular weight excluding hydrogens is 322 g/mol. The van der Waals surface area contributed by atoms with Crippen LogP contribution < -0.4 is 5.48 Å². The van der Waals surface area contributed by atoms with E-state index in [-0.39, 0.29) is 5.97 Å². The molecule has 0 aliphatic carbocycles. The van der Waals surface area contributed by atoms with Gasteiger partial charge in [0.1, 0.15) is 0 Å². The molecule has 0 unspecified atom stereocenters. The van der Waals surface area contributed by atoms with Crippen LogP contribution in [0.1, 0.15) is 136 Å². The van der Waals surface area contributed by atoms with Gasteiger partial charge in [0.15, 0.2) is 0 Å². The summed E-state index contributed by atoms with van der Waals surface area (Å²) in [7, 11) is 0. The van der Waals surface area contributed by atoms with Crippen LogP contribution >= 0.6 is 0 Å². The van der Waals surface area contributed by atoms with Crippen LogP contribution in [0.4, 0.5) is 0 Å². The summed E-state index contributed by atoms with van der Waals surface area (Å²) in [5, 5.41) is 0. The van der Waals surface area contributed by atoms with Crippen LogP contribution in [0.5, 0.6) is 0 Å². The Morgan fingerprint density at radius 3 is 1.35 bits per heavy atom. The molecule has 0 heterocycles. The number of nitrogens with one attached hydrogen (secondary N) is 1. The number of carbonyl (C=O) groups excluding carboxylic acids is 1. The first-order valence-corrected chi connectivity index (χ1v) is 11.7. The molecule has 26 heavy (non-hydrogen) atoms. The molecule has 0 spiro atoms. The molecule has 3 heteroatoms. The highest BCUT2D eigenvalue weighted by Crippen LogP contribution is 2.14. The summed E-state index contributed by atoms with van der Waals surface area (Å²) in [6, 6.07) is 0. The van der Waals surface area contributed by atoms with Crippen LogP contribution in [0.25, 0.3) is 0 Å². The van der Waals surface area contributed by atoms with Crippen molar-refractivity contribution in [1.82, 2.24) is 5.48 Å². The second-order valence-corrected chi connectivity index (χ2v) is 7.78. The van der Waals surface area contributed by atoms with Gasteiger partial charge in [-0.3, -0.25) is 4.79 Å². The van der Waals surface area contributed by atoms with E-state index in [2.05, 4.69) is 19.3 Å². The first-order chi connectivity index (χ1) is 12.8. The Morgan fingerprint density at radius 1 is 0.577 bits per heavy atom. The Morgan fingerprint density at radius 2 is 0.962 bits per heavy atom. The van der Waals surface area contributed by atoms with Gasteiger partial charge in [-0.1, -0.05) is 117 Å². The van der Waals surface area contributed by atoms with Crippen molar-refractivity contribution in [1.29, 1.82) is 0 Å². The first-order valence-electron chi connectivity index (χ1n) is 11.7. The largest absolute Gasteiger partial charge is 0.371 e. The van der Waals surface area contributed by atoms with Crippen LogP contribution in [0, 0.1) is 0 Å². The second kappa shape index (κ2) is 22.5. The van der Waals surface area contributed by atoms with E-state index in [1.54, 1.807) is 0 Å². The van der Waals surface area contributed by atoms with Gasteiger partial charge in [0.2, 0.25) is 0 Å². The van der Waals surface area contributed by atoms with Crippen molar-refractivity contribution in [3.05, 3.63) is 0 Å². The standard InChI is InChI=1S/C23H47NO2/c1-3-5-6-7-8-9-10-11-12-13-14-15-16-17-18-19-20-21-23(25)26-24-22-4-2/h24H,3-22H2,1-2H3. The van der Waals surface area contributed by atoms with Gasteiger partial charge in [-0.05, 0) is 12.8 Å². The molecule has 0 amide bonds. The fraction of sp³-hybridized carbons (Fsp3) is 0.957. The Bertz CT molecular complexity index is 281. The summed E-state index contributed by atoms with van der Waals surface area (Å²) in [5.74, 6) is -0.112. The summed E-state index contributed by atoms with van der Waals surface area (Å²) in [6.45, 7) is 5.08. The third kappa shape index (κ3) is 21.5. The van der Waals surface area contributed by atoms with Crippen LogP contribution in [0.15, 0.2) is 0 Å². The van der Waals surface area contributed by atoms with E-state index >= 15 is 0 Å². The maximum atomic E-state index is 11.4. The quantitative estimate of drug-likeness (QED) is 0.168. The molecule has 0 saturated heterocycles. The number of carbonyl (C=O) groups is 1. The van der Waals surface area contributed by atoms with Crippen LogP contribution in [0.3, 0.4) is 0 Å². The molecule has 156 valence electrons. The molecule has 0 atom stereocenters. The van der Waals surface area contributed by atoms with Crippen molar-refractivity contribution in [3.8, 4) is 0 Å². The molecule has 0 rings (SSSR count). The number of unbranched alkanes of at least 4 members (excludes halogenated alkanes) is 16. The molecule has 0 saturated carbocycles. The lowest BCUT2D eigenvalue weighted by Gasteiger charge is -2.05. The lowest BCUT2D eigenvalue weighted by molar-refractivity contribution is -0.151. The maximum Gasteiger partial charge on any atom is 0.324 e.